The van der Waals surface area contributed by atoms with E-state index in [1.165, 1.54) is 6.33 Å². The fourth-order valence-electron chi connectivity index (χ4n) is 1.53. The summed E-state index contributed by atoms with van der Waals surface area (Å²) < 4.78 is 5.43. The van der Waals surface area contributed by atoms with Crippen molar-refractivity contribution in [1.82, 2.24) is 9.97 Å². The molecule has 1 heterocycles. The highest BCUT2D eigenvalue weighted by Gasteiger charge is 2.11. The predicted octanol–water partition coefficient (Wildman–Crippen LogP) is 0.969. The van der Waals surface area contributed by atoms with Gasteiger partial charge < -0.3 is 15.4 Å². The molecule has 90 valence electrons. The lowest BCUT2D eigenvalue weighted by Crippen LogP contribution is -2.23. The van der Waals surface area contributed by atoms with Gasteiger partial charge in [0.1, 0.15) is 12.1 Å². The zero-order valence-corrected chi connectivity index (χ0v) is 10.2. The molecule has 0 atom stereocenters. The highest BCUT2D eigenvalue weighted by atomic mass is 16.5. The van der Waals surface area contributed by atoms with E-state index in [4.69, 9.17) is 10.5 Å². The second-order valence-corrected chi connectivity index (χ2v) is 3.62. The Morgan fingerprint density at radius 2 is 2.19 bits per heavy atom. The first kappa shape index (κ1) is 12.7. The van der Waals surface area contributed by atoms with Gasteiger partial charge in [0.25, 0.3) is 0 Å². The van der Waals surface area contributed by atoms with E-state index in [-0.39, 0.29) is 0 Å². The Hall–Kier alpha value is -1.36. The molecule has 0 spiro atoms. The van der Waals surface area contributed by atoms with Crippen molar-refractivity contribution in [2.75, 3.05) is 31.6 Å². The van der Waals surface area contributed by atoms with E-state index in [2.05, 4.69) is 14.9 Å². The van der Waals surface area contributed by atoms with Gasteiger partial charge >= 0.3 is 0 Å². The second kappa shape index (κ2) is 6.27. The van der Waals surface area contributed by atoms with Gasteiger partial charge in [-0.2, -0.15) is 0 Å². The molecule has 0 aliphatic heterocycles. The standard InChI is InChI=1S/C11H20N4O/c1-4-16-11-9(2)10(13-8-14-11)15(3)7-5-6-12/h8H,4-7,12H2,1-3H3. The van der Waals surface area contributed by atoms with Crippen LogP contribution in [0.2, 0.25) is 0 Å². The smallest absolute Gasteiger partial charge is 0.221 e. The Morgan fingerprint density at radius 3 is 2.81 bits per heavy atom. The lowest BCUT2D eigenvalue weighted by atomic mass is 10.3. The SMILES string of the molecule is CCOc1ncnc(N(C)CCCN)c1C. The summed E-state index contributed by atoms with van der Waals surface area (Å²) in [5.41, 5.74) is 6.46. The van der Waals surface area contributed by atoms with Crippen molar-refractivity contribution >= 4 is 5.82 Å². The van der Waals surface area contributed by atoms with E-state index in [0.717, 1.165) is 24.3 Å². The Morgan fingerprint density at radius 1 is 1.44 bits per heavy atom. The number of nitrogens with zero attached hydrogens (tertiary/aromatic N) is 3. The molecule has 0 fully saturated rings. The number of ether oxygens (including phenoxy) is 1. The number of nitrogens with two attached hydrogens (primary N) is 1. The van der Waals surface area contributed by atoms with Crippen LogP contribution in [0.1, 0.15) is 18.9 Å². The van der Waals surface area contributed by atoms with Gasteiger partial charge in [0.15, 0.2) is 0 Å². The molecular weight excluding hydrogens is 204 g/mol. The van der Waals surface area contributed by atoms with Gasteiger partial charge in [-0.05, 0) is 26.8 Å². The lowest BCUT2D eigenvalue weighted by Gasteiger charge is -2.20. The van der Waals surface area contributed by atoms with E-state index in [1.54, 1.807) is 0 Å². The van der Waals surface area contributed by atoms with Gasteiger partial charge in [-0.3, -0.25) is 0 Å². The molecule has 0 unspecified atom stereocenters. The van der Waals surface area contributed by atoms with Crippen LogP contribution in [0.25, 0.3) is 0 Å². The molecule has 0 saturated carbocycles. The van der Waals surface area contributed by atoms with Crippen LogP contribution in [0, 0.1) is 6.92 Å². The molecule has 0 saturated heterocycles. The van der Waals surface area contributed by atoms with Crippen molar-refractivity contribution in [2.24, 2.45) is 5.73 Å². The molecule has 1 aromatic heterocycles. The molecule has 0 radical (unpaired) electrons. The van der Waals surface area contributed by atoms with Crippen LogP contribution in [0.3, 0.4) is 0 Å². The van der Waals surface area contributed by atoms with Crippen LogP contribution < -0.4 is 15.4 Å². The van der Waals surface area contributed by atoms with Crippen LogP contribution in [0.4, 0.5) is 5.82 Å². The quantitative estimate of drug-likeness (QED) is 0.780. The van der Waals surface area contributed by atoms with Crippen LogP contribution in [0.15, 0.2) is 6.33 Å². The number of rotatable bonds is 6. The summed E-state index contributed by atoms with van der Waals surface area (Å²) in [6, 6.07) is 0. The molecule has 0 aliphatic rings. The van der Waals surface area contributed by atoms with Gasteiger partial charge in [0.2, 0.25) is 5.88 Å². The second-order valence-electron chi connectivity index (χ2n) is 3.62. The van der Waals surface area contributed by atoms with E-state index in [9.17, 15) is 0 Å². The fraction of sp³-hybridized carbons (Fsp3) is 0.636. The third-order valence-corrected chi connectivity index (χ3v) is 2.35. The molecular formula is C11H20N4O. The third kappa shape index (κ3) is 3.06. The molecule has 0 aromatic carbocycles. The van der Waals surface area contributed by atoms with Crippen LogP contribution in [-0.2, 0) is 0 Å². The highest BCUT2D eigenvalue weighted by Crippen LogP contribution is 2.22. The maximum absolute atomic E-state index is 5.49. The summed E-state index contributed by atoms with van der Waals surface area (Å²) in [7, 11) is 2.00. The molecule has 5 nitrogen and oxygen atoms in total. The molecule has 1 rings (SSSR count). The summed E-state index contributed by atoms with van der Waals surface area (Å²) in [5, 5.41) is 0. The first-order valence-corrected chi connectivity index (χ1v) is 5.56. The van der Waals surface area contributed by atoms with E-state index >= 15 is 0 Å². The largest absolute Gasteiger partial charge is 0.478 e. The summed E-state index contributed by atoms with van der Waals surface area (Å²) >= 11 is 0. The van der Waals surface area contributed by atoms with Gasteiger partial charge in [0, 0.05) is 13.6 Å². The predicted molar refractivity (Wildman–Crippen MR) is 64.9 cm³/mol. The van der Waals surface area contributed by atoms with Crippen molar-refractivity contribution in [2.45, 2.75) is 20.3 Å². The summed E-state index contributed by atoms with van der Waals surface area (Å²) in [6.07, 6.45) is 2.48. The number of anilines is 1. The highest BCUT2D eigenvalue weighted by molar-refractivity contribution is 5.49. The van der Waals surface area contributed by atoms with Crippen LogP contribution >= 0.6 is 0 Å². The number of aromatic nitrogens is 2. The maximum atomic E-state index is 5.49. The Kier molecular flexibility index (Phi) is 4.98. The van der Waals surface area contributed by atoms with Gasteiger partial charge in [-0.1, -0.05) is 0 Å². The van der Waals surface area contributed by atoms with Crippen molar-refractivity contribution < 1.29 is 4.74 Å². The minimum atomic E-state index is 0.615. The Bertz CT molecular complexity index is 330. The van der Waals surface area contributed by atoms with Crippen LogP contribution in [0.5, 0.6) is 5.88 Å². The minimum Gasteiger partial charge on any atom is -0.478 e. The normalized spacial score (nSPS) is 10.2. The average Bonchev–Trinajstić information content (AvgIpc) is 2.29. The topological polar surface area (TPSA) is 64.3 Å². The molecule has 16 heavy (non-hydrogen) atoms. The molecule has 0 amide bonds. The summed E-state index contributed by atoms with van der Waals surface area (Å²) in [5.74, 6) is 1.57. The number of hydrogen-bond donors (Lipinski definition) is 1. The Labute approximate surface area is 96.6 Å². The summed E-state index contributed by atoms with van der Waals surface area (Å²) in [4.78, 5) is 10.5. The maximum Gasteiger partial charge on any atom is 0.221 e. The van der Waals surface area contributed by atoms with E-state index in [0.29, 0.717) is 19.0 Å². The third-order valence-electron chi connectivity index (χ3n) is 2.35. The number of hydrogen-bond acceptors (Lipinski definition) is 5. The molecule has 0 bridgehead atoms. The van der Waals surface area contributed by atoms with Gasteiger partial charge in [-0.15, -0.1) is 0 Å². The van der Waals surface area contributed by atoms with Crippen molar-refractivity contribution in [3.05, 3.63) is 11.9 Å². The summed E-state index contributed by atoms with van der Waals surface area (Å²) in [6.45, 7) is 6.11. The fourth-order valence-corrected chi connectivity index (χ4v) is 1.53. The average molecular weight is 224 g/mol. The first-order valence-electron chi connectivity index (χ1n) is 5.56. The van der Waals surface area contributed by atoms with Crippen molar-refractivity contribution in [3.63, 3.8) is 0 Å². The van der Waals surface area contributed by atoms with E-state index in [1.807, 2.05) is 20.9 Å². The molecule has 5 heteroatoms. The van der Waals surface area contributed by atoms with Crippen molar-refractivity contribution in [3.8, 4) is 5.88 Å². The van der Waals surface area contributed by atoms with Crippen molar-refractivity contribution in [1.29, 1.82) is 0 Å². The first-order chi connectivity index (χ1) is 7.70. The van der Waals surface area contributed by atoms with E-state index < -0.39 is 0 Å². The monoisotopic (exact) mass is 224 g/mol. The lowest BCUT2D eigenvalue weighted by molar-refractivity contribution is 0.323. The zero-order valence-electron chi connectivity index (χ0n) is 10.2. The van der Waals surface area contributed by atoms with Gasteiger partial charge in [-0.25, -0.2) is 9.97 Å². The van der Waals surface area contributed by atoms with Crippen LogP contribution in [-0.4, -0.2) is 36.7 Å². The molecule has 2 N–H and O–H groups in total. The molecule has 1 aromatic rings. The molecule has 0 aliphatic carbocycles. The zero-order chi connectivity index (χ0) is 12.0. The van der Waals surface area contributed by atoms with Gasteiger partial charge in [0.05, 0.1) is 12.2 Å². The minimum absolute atomic E-state index is 0.615. The Balaban J connectivity index is 2.82.